The fourth-order valence-electron chi connectivity index (χ4n) is 2.32. The minimum atomic E-state index is -0.411. The smallest absolute Gasteiger partial charge is 0.251 e. The second kappa shape index (κ2) is 5.98. The highest BCUT2D eigenvalue weighted by molar-refractivity contribution is 5.94. The van der Waals surface area contributed by atoms with E-state index in [1.54, 1.807) is 12.1 Å². The Morgan fingerprint density at radius 3 is 2.56 bits per heavy atom. The van der Waals surface area contributed by atoms with Crippen molar-refractivity contribution in [3.63, 3.8) is 0 Å². The fourth-order valence-corrected chi connectivity index (χ4v) is 2.32. The second-order valence-corrected chi connectivity index (χ2v) is 4.83. The van der Waals surface area contributed by atoms with Crippen LogP contribution in [0.2, 0.25) is 0 Å². The van der Waals surface area contributed by atoms with Crippen LogP contribution in [0.4, 0.5) is 0 Å². The summed E-state index contributed by atoms with van der Waals surface area (Å²) in [5.41, 5.74) is 7.13. The van der Waals surface area contributed by atoms with E-state index >= 15 is 0 Å². The molecule has 4 nitrogen and oxygen atoms in total. The summed E-state index contributed by atoms with van der Waals surface area (Å²) in [6.45, 7) is 0.475. The molecule has 2 rings (SSSR count). The van der Waals surface area contributed by atoms with E-state index in [1.165, 1.54) is 0 Å². The maximum atomic E-state index is 12.0. The van der Waals surface area contributed by atoms with E-state index in [2.05, 4.69) is 5.32 Å². The quantitative estimate of drug-likeness (QED) is 0.752. The molecule has 0 heterocycles. The lowest BCUT2D eigenvalue weighted by molar-refractivity contribution is 0.0717. The predicted octanol–water partition coefficient (Wildman–Crippen LogP) is 1.18. The number of nitrogens with one attached hydrogen (secondary N) is 1. The molecule has 0 radical (unpaired) electrons. The number of rotatable bonds is 3. The van der Waals surface area contributed by atoms with Gasteiger partial charge in [0.15, 0.2) is 0 Å². The molecule has 4 heteroatoms. The summed E-state index contributed by atoms with van der Waals surface area (Å²) in [6, 6.07) is 7.14. The number of aliphatic hydroxyl groups is 1. The zero-order valence-corrected chi connectivity index (χ0v) is 10.4. The van der Waals surface area contributed by atoms with Crippen LogP contribution in [0.3, 0.4) is 0 Å². The normalized spacial score (nSPS) is 23.7. The predicted molar refractivity (Wildman–Crippen MR) is 70.1 cm³/mol. The van der Waals surface area contributed by atoms with Crippen LogP contribution < -0.4 is 11.1 Å². The largest absolute Gasteiger partial charge is 0.391 e. The SMILES string of the molecule is NCc1ccc(C(=O)N[C@@H]2CCCC[C@H]2O)cc1. The molecule has 1 fully saturated rings. The third-order valence-corrected chi connectivity index (χ3v) is 3.50. The van der Waals surface area contributed by atoms with Gasteiger partial charge in [0, 0.05) is 12.1 Å². The molecular weight excluding hydrogens is 228 g/mol. The second-order valence-electron chi connectivity index (χ2n) is 4.83. The zero-order chi connectivity index (χ0) is 13.0. The summed E-state index contributed by atoms with van der Waals surface area (Å²) < 4.78 is 0. The van der Waals surface area contributed by atoms with Crippen molar-refractivity contribution in [2.45, 2.75) is 44.4 Å². The maximum absolute atomic E-state index is 12.0. The topological polar surface area (TPSA) is 75.4 Å². The lowest BCUT2D eigenvalue weighted by Crippen LogP contribution is -2.45. The third kappa shape index (κ3) is 3.09. The Morgan fingerprint density at radius 2 is 1.94 bits per heavy atom. The van der Waals surface area contributed by atoms with Gasteiger partial charge in [-0.25, -0.2) is 0 Å². The van der Waals surface area contributed by atoms with E-state index in [4.69, 9.17) is 5.73 Å². The highest BCUT2D eigenvalue weighted by Gasteiger charge is 2.24. The van der Waals surface area contributed by atoms with Crippen molar-refractivity contribution in [3.05, 3.63) is 35.4 Å². The monoisotopic (exact) mass is 248 g/mol. The van der Waals surface area contributed by atoms with Crippen molar-refractivity contribution in [2.24, 2.45) is 5.73 Å². The van der Waals surface area contributed by atoms with Gasteiger partial charge in [-0.2, -0.15) is 0 Å². The Hall–Kier alpha value is -1.39. The van der Waals surface area contributed by atoms with Gasteiger partial charge in [-0.15, -0.1) is 0 Å². The van der Waals surface area contributed by atoms with Gasteiger partial charge in [0.1, 0.15) is 0 Å². The summed E-state index contributed by atoms with van der Waals surface area (Å²) in [4.78, 5) is 12.0. The van der Waals surface area contributed by atoms with Gasteiger partial charge in [-0.1, -0.05) is 25.0 Å². The molecule has 0 unspecified atom stereocenters. The summed E-state index contributed by atoms with van der Waals surface area (Å²) in [5, 5.41) is 12.7. The van der Waals surface area contributed by atoms with Gasteiger partial charge in [0.05, 0.1) is 12.1 Å². The van der Waals surface area contributed by atoms with Crippen LogP contribution in [0.25, 0.3) is 0 Å². The van der Waals surface area contributed by atoms with Crippen LogP contribution in [-0.4, -0.2) is 23.2 Å². The molecule has 1 aromatic carbocycles. The van der Waals surface area contributed by atoms with Crippen LogP contribution in [0.15, 0.2) is 24.3 Å². The number of hydrogen-bond acceptors (Lipinski definition) is 3. The lowest BCUT2D eigenvalue weighted by atomic mass is 9.92. The van der Waals surface area contributed by atoms with E-state index in [1.807, 2.05) is 12.1 Å². The Bertz CT molecular complexity index is 403. The van der Waals surface area contributed by atoms with Crippen molar-refractivity contribution in [2.75, 3.05) is 0 Å². The first-order valence-corrected chi connectivity index (χ1v) is 6.48. The van der Waals surface area contributed by atoms with Gasteiger partial charge in [-0.3, -0.25) is 4.79 Å². The van der Waals surface area contributed by atoms with Crippen molar-refractivity contribution in [1.29, 1.82) is 0 Å². The number of carbonyl (C=O) groups is 1. The van der Waals surface area contributed by atoms with Crippen molar-refractivity contribution < 1.29 is 9.90 Å². The Kier molecular flexibility index (Phi) is 4.33. The zero-order valence-electron chi connectivity index (χ0n) is 10.4. The molecule has 1 amide bonds. The molecule has 1 aromatic rings. The van der Waals surface area contributed by atoms with Gasteiger partial charge in [0.2, 0.25) is 0 Å². The van der Waals surface area contributed by atoms with E-state index in [0.717, 1.165) is 31.2 Å². The van der Waals surface area contributed by atoms with Gasteiger partial charge >= 0.3 is 0 Å². The average Bonchev–Trinajstić information content (AvgIpc) is 2.41. The third-order valence-electron chi connectivity index (χ3n) is 3.50. The molecule has 0 saturated heterocycles. The highest BCUT2D eigenvalue weighted by atomic mass is 16.3. The first-order chi connectivity index (χ1) is 8.70. The molecule has 2 atom stereocenters. The van der Waals surface area contributed by atoms with E-state index in [9.17, 15) is 9.90 Å². The van der Waals surface area contributed by atoms with E-state index in [0.29, 0.717) is 12.1 Å². The maximum Gasteiger partial charge on any atom is 0.251 e. The minimum absolute atomic E-state index is 0.111. The Morgan fingerprint density at radius 1 is 1.28 bits per heavy atom. The molecule has 0 aromatic heterocycles. The number of aliphatic hydroxyl groups excluding tert-OH is 1. The first kappa shape index (κ1) is 13.1. The van der Waals surface area contributed by atoms with Crippen molar-refractivity contribution in [1.82, 2.24) is 5.32 Å². The lowest BCUT2D eigenvalue weighted by Gasteiger charge is -2.28. The molecule has 0 bridgehead atoms. The summed E-state index contributed by atoms with van der Waals surface area (Å²) in [7, 11) is 0. The molecule has 0 aliphatic heterocycles. The van der Waals surface area contributed by atoms with E-state index < -0.39 is 6.10 Å². The Labute approximate surface area is 107 Å². The van der Waals surface area contributed by atoms with E-state index in [-0.39, 0.29) is 11.9 Å². The summed E-state index contributed by atoms with van der Waals surface area (Å²) in [6.07, 6.45) is 3.32. The standard InChI is InChI=1S/C14H20N2O2/c15-9-10-5-7-11(8-6-10)14(18)16-12-3-1-2-4-13(12)17/h5-8,12-13,17H,1-4,9,15H2,(H,16,18)/t12-,13-/m1/s1. The Balaban J connectivity index is 1.97. The number of hydrogen-bond donors (Lipinski definition) is 3. The molecular formula is C14H20N2O2. The highest BCUT2D eigenvalue weighted by Crippen LogP contribution is 2.18. The number of carbonyl (C=O) groups excluding carboxylic acids is 1. The van der Waals surface area contributed by atoms with Gasteiger partial charge < -0.3 is 16.2 Å². The van der Waals surface area contributed by atoms with Crippen molar-refractivity contribution in [3.8, 4) is 0 Å². The molecule has 4 N–H and O–H groups in total. The van der Waals surface area contributed by atoms with Crippen LogP contribution >= 0.6 is 0 Å². The molecule has 18 heavy (non-hydrogen) atoms. The molecule has 98 valence electrons. The molecule has 1 aliphatic carbocycles. The average molecular weight is 248 g/mol. The molecule has 0 spiro atoms. The van der Waals surface area contributed by atoms with Gasteiger partial charge in [-0.05, 0) is 30.5 Å². The summed E-state index contributed by atoms with van der Waals surface area (Å²) >= 11 is 0. The van der Waals surface area contributed by atoms with Gasteiger partial charge in [0.25, 0.3) is 5.91 Å². The van der Waals surface area contributed by atoms with Crippen LogP contribution in [0.1, 0.15) is 41.6 Å². The molecule has 1 aliphatic rings. The van der Waals surface area contributed by atoms with Crippen LogP contribution in [0.5, 0.6) is 0 Å². The van der Waals surface area contributed by atoms with Crippen LogP contribution in [-0.2, 0) is 6.54 Å². The number of nitrogens with two attached hydrogens (primary N) is 1. The number of amides is 1. The number of benzene rings is 1. The van der Waals surface area contributed by atoms with Crippen LogP contribution in [0, 0.1) is 0 Å². The first-order valence-electron chi connectivity index (χ1n) is 6.48. The summed E-state index contributed by atoms with van der Waals surface area (Å²) in [5.74, 6) is -0.121. The minimum Gasteiger partial charge on any atom is -0.391 e. The molecule has 1 saturated carbocycles. The van der Waals surface area contributed by atoms with Crippen molar-refractivity contribution >= 4 is 5.91 Å². The fraction of sp³-hybridized carbons (Fsp3) is 0.500.